The number of aliphatic hydroxyl groups is 1. The van der Waals surface area contributed by atoms with Crippen molar-refractivity contribution in [3.8, 4) is 0 Å². The van der Waals surface area contributed by atoms with E-state index in [9.17, 15) is 4.79 Å². The first kappa shape index (κ1) is 27.4. The highest BCUT2D eigenvalue weighted by Crippen LogP contribution is 2.15. The fraction of sp³-hybridized carbons (Fsp3) is 0.960. The summed E-state index contributed by atoms with van der Waals surface area (Å²) in [5.74, 6) is -0.825. The smallest absolute Gasteiger partial charge is 0.306 e. The van der Waals surface area contributed by atoms with E-state index in [1.165, 1.54) is 116 Å². The van der Waals surface area contributed by atoms with E-state index in [0.29, 0.717) is 6.61 Å². The zero-order chi connectivity index (χ0) is 20.7. The molecule has 0 rings (SSSR count). The van der Waals surface area contributed by atoms with E-state index in [1.54, 1.807) is 0 Å². The van der Waals surface area contributed by atoms with Gasteiger partial charge < -0.3 is 10.2 Å². The molecule has 0 radical (unpaired) electrons. The molecule has 0 aromatic carbocycles. The molecule has 0 spiro atoms. The molecular weight excluding hydrogens is 348 g/mol. The van der Waals surface area contributed by atoms with E-state index in [4.69, 9.17) is 10.2 Å². The molecule has 0 aromatic heterocycles. The Kier molecular flexibility index (Phi) is 22.3. The summed E-state index contributed by atoms with van der Waals surface area (Å²) in [7, 11) is 0. The number of carbonyl (C=O) groups is 1. The average Bonchev–Trinajstić information content (AvgIpc) is 2.68. The molecule has 0 saturated carbocycles. The molecule has 168 valence electrons. The molecule has 0 heterocycles. The second-order valence-electron chi connectivity index (χ2n) is 8.82. The van der Waals surface area contributed by atoms with Crippen molar-refractivity contribution in [3.05, 3.63) is 0 Å². The van der Waals surface area contributed by atoms with Crippen molar-refractivity contribution in [2.45, 2.75) is 142 Å². The predicted molar refractivity (Wildman–Crippen MR) is 121 cm³/mol. The van der Waals surface area contributed by atoms with Crippen LogP contribution < -0.4 is 0 Å². The largest absolute Gasteiger partial charge is 0.481 e. The van der Waals surface area contributed by atoms with E-state index in [0.717, 1.165) is 19.3 Å². The molecule has 0 fully saturated rings. The van der Waals surface area contributed by atoms with E-state index < -0.39 is 5.97 Å². The number of hydrogen-bond acceptors (Lipinski definition) is 2. The summed E-state index contributed by atoms with van der Waals surface area (Å²) in [6, 6.07) is 0. The molecule has 0 aliphatic carbocycles. The third-order valence-electron chi connectivity index (χ3n) is 5.97. The van der Waals surface area contributed by atoms with Gasteiger partial charge in [0.25, 0.3) is 0 Å². The van der Waals surface area contributed by atoms with Crippen LogP contribution in [0.3, 0.4) is 0 Å². The Bertz CT molecular complexity index is 317. The van der Waals surface area contributed by atoms with Crippen LogP contribution in [-0.2, 0) is 4.79 Å². The first-order valence-corrected chi connectivity index (χ1v) is 12.5. The summed E-state index contributed by atoms with van der Waals surface area (Å²) < 4.78 is 0. The SMILES string of the molecule is CC(CCCCCCCCCCCCCCCCCCCCCCO)C(=O)O. The average molecular weight is 399 g/mol. The quantitative estimate of drug-likeness (QED) is 0.172. The van der Waals surface area contributed by atoms with Crippen LogP contribution >= 0.6 is 0 Å². The Labute approximate surface area is 175 Å². The Balaban J connectivity index is 3.04. The van der Waals surface area contributed by atoms with Crippen molar-refractivity contribution < 1.29 is 15.0 Å². The number of unbranched alkanes of at least 4 members (excludes halogenated alkanes) is 19. The van der Waals surface area contributed by atoms with E-state index in [1.807, 2.05) is 6.92 Å². The van der Waals surface area contributed by atoms with Crippen LogP contribution in [0, 0.1) is 5.92 Å². The standard InChI is InChI=1S/C25H50O3/c1-24(25(27)28)22-20-18-16-14-12-10-8-6-4-2-3-5-7-9-11-13-15-17-19-21-23-26/h24,26H,2-23H2,1H3,(H,27,28). The van der Waals surface area contributed by atoms with Crippen molar-refractivity contribution in [2.24, 2.45) is 5.92 Å². The van der Waals surface area contributed by atoms with Crippen LogP contribution in [0.1, 0.15) is 142 Å². The van der Waals surface area contributed by atoms with E-state index >= 15 is 0 Å². The van der Waals surface area contributed by atoms with Gasteiger partial charge in [0.2, 0.25) is 0 Å². The third-order valence-corrected chi connectivity index (χ3v) is 5.97. The molecule has 3 nitrogen and oxygen atoms in total. The van der Waals surface area contributed by atoms with Gasteiger partial charge in [-0.1, -0.05) is 129 Å². The van der Waals surface area contributed by atoms with Gasteiger partial charge >= 0.3 is 5.97 Å². The molecule has 0 aromatic rings. The van der Waals surface area contributed by atoms with Gasteiger partial charge in [-0.25, -0.2) is 0 Å². The summed E-state index contributed by atoms with van der Waals surface area (Å²) >= 11 is 0. The van der Waals surface area contributed by atoms with Gasteiger partial charge in [0, 0.05) is 6.61 Å². The summed E-state index contributed by atoms with van der Waals surface area (Å²) in [4.78, 5) is 10.7. The monoisotopic (exact) mass is 398 g/mol. The number of aliphatic hydroxyl groups excluding tert-OH is 1. The van der Waals surface area contributed by atoms with Gasteiger partial charge in [-0.05, 0) is 12.8 Å². The van der Waals surface area contributed by atoms with Crippen molar-refractivity contribution in [2.75, 3.05) is 6.61 Å². The lowest BCUT2D eigenvalue weighted by Crippen LogP contribution is -2.08. The van der Waals surface area contributed by atoms with Crippen molar-refractivity contribution >= 4 is 5.97 Å². The highest BCUT2D eigenvalue weighted by Gasteiger charge is 2.09. The number of rotatable bonds is 23. The van der Waals surface area contributed by atoms with Crippen LogP contribution in [0.5, 0.6) is 0 Å². The number of carboxylic acids is 1. The van der Waals surface area contributed by atoms with Crippen LogP contribution in [0.15, 0.2) is 0 Å². The molecule has 1 atom stereocenters. The molecule has 1 unspecified atom stereocenters. The normalized spacial score (nSPS) is 12.4. The molecule has 0 saturated heterocycles. The maximum atomic E-state index is 10.7. The van der Waals surface area contributed by atoms with Gasteiger partial charge in [-0.15, -0.1) is 0 Å². The Morgan fingerprint density at radius 2 is 0.786 bits per heavy atom. The zero-order valence-electron chi connectivity index (χ0n) is 18.9. The number of hydrogen-bond donors (Lipinski definition) is 2. The Morgan fingerprint density at radius 3 is 1.04 bits per heavy atom. The number of aliphatic carboxylic acids is 1. The van der Waals surface area contributed by atoms with Crippen molar-refractivity contribution in [1.29, 1.82) is 0 Å². The third kappa shape index (κ3) is 21.7. The van der Waals surface area contributed by atoms with Gasteiger partial charge in [-0.3, -0.25) is 4.79 Å². The Hall–Kier alpha value is -0.570. The van der Waals surface area contributed by atoms with Crippen LogP contribution in [0.4, 0.5) is 0 Å². The lowest BCUT2D eigenvalue weighted by molar-refractivity contribution is -0.141. The molecular formula is C25H50O3. The van der Waals surface area contributed by atoms with Crippen LogP contribution in [-0.4, -0.2) is 22.8 Å². The highest BCUT2D eigenvalue weighted by atomic mass is 16.4. The van der Waals surface area contributed by atoms with Crippen molar-refractivity contribution in [3.63, 3.8) is 0 Å². The van der Waals surface area contributed by atoms with Crippen LogP contribution in [0.2, 0.25) is 0 Å². The maximum absolute atomic E-state index is 10.7. The second kappa shape index (κ2) is 22.7. The summed E-state index contributed by atoms with van der Waals surface area (Å²) in [6.45, 7) is 2.17. The minimum absolute atomic E-state index is 0.173. The summed E-state index contributed by atoms with van der Waals surface area (Å²) in [5, 5.41) is 17.6. The van der Waals surface area contributed by atoms with Crippen LogP contribution in [0.25, 0.3) is 0 Å². The fourth-order valence-electron chi connectivity index (χ4n) is 3.87. The first-order valence-electron chi connectivity index (χ1n) is 12.5. The predicted octanol–water partition coefficient (Wildman–Crippen LogP) is 7.89. The molecule has 28 heavy (non-hydrogen) atoms. The maximum Gasteiger partial charge on any atom is 0.306 e. The Morgan fingerprint density at radius 1 is 0.536 bits per heavy atom. The fourth-order valence-corrected chi connectivity index (χ4v) is 3.87. The van der Waals surface area contributed by atoms with Gasteiger partial charge in [-0.2, -0.15) is 0 Å². The number of carboxylic acid groups (broad SMARTS) is 1. The summed E-state index contributed by atoms with van der Waals surface area (Å²) in [6.07, 6.45) is 27.3. The lowest BCUT2D eigenvalue weighted by atomic mass is 10.0. The van der Waals surface area contributed by atoms with Crippen molar-refractivity contribution in [1.82, 2.24) is 0 Å². The minimum Gasteiger partial charge on any atom is -0.481 e. The minimum atomic E-state index is -0.652. The van der Waals surface area contributed by atoms with Gasteiger partial charge in [0.15, 0.2) is 0 Å². The van der Waals surface area contributed by atoms with Gasteiger partial charge in [0.05, 0.1) is 5.92 Å². The topological polar surface area (TPSA) is 57.5 Å². The molecule has 2 N–H and O–H groups in total. The second-order valence-corrected chi connectivity index (χ2v) is 8.82. The van der Waals surface area contributed by atoms with E-state index in [-0.39, 0.29) is 5.92 Å². The molecule has 3 heteroatoms. The lowest BCUT2D eigenvalue weighted by Gasteiger charge is -2.06. The molecule has 0 aliphatic rings. The van der Waals surface area contributed by atoms with Gasteiger partial charge in [0.1, 0.15) is 0 Å². The summed E-state index contributed by atoms with van der Waals surface area (Å²) in [5.41, 5.74) is 0. The highest BCUT2D eigenvalue weighted by molar-refractivity contribution is 5.69. The first-order chi connectivity index (χ1) is 13.7. The molecule has 0 aliphatic heterocycles. The zero-order valence-corrected chi connectivity index (χ0v) is 18.9. The molecule has 0 amide bonds. The molecule has 0 bridgehead atoms. The van der Waals surface area contributed by atoms with E-state index in [2.05, 4.69) is 0 Å².